The number of nitrogens with zero attached hydrogens (tertiary/aromatic N) is 1. The molecule has 0 bridgehead atoms. The van der Waals surface area contributed by atoms with Gasteiger partial charge in [0.05, 0.1) is 0 Å². The Kier molecular flexibility index (Phi) is 5.38. The predicted molar refractivity (Wildman–Crippen MR) is 108 cm³/mol. The summed E-state index contributed by atoms with van der Waals surface area (Å²) < 4.78 is 28.1. The number of aryl methyl sites for hydroxylation is 1. The first kappa shape index (κ1) is 19.3. The average Bonchev–Trinajstić information content (AvgIpc) is 2.93. The van der Waals surface area contributed by atoms with Crippen LogP contribution in [-0.2, 0) is 17.8 Å². The van der Waals surface area contributed by atoms with Crippen molar-refractivity contribution in [2.45, 2.75) is 37.8 Å². The maximum atomic E-state index is 13.7. The number of rotatable bonds is 3. The van der Waals surface area contributed by atoms with Gasteiger partial charge in [0.15, 0.2) is 11.6 Å². The lowest BCUT2D eigenvalue weighted by atomic mass is 9.91. The van der Waals surface area contributed by atoms with Gasteiger partial charge in [-0.2, -0.15) is 0 Å². The molecular weight excluding hydrogens is 428 g/mol. The molecule has 3 N–H and O–H groups in total. The zero-order valence-electron chi connectivity index (χ0n) is 15.4. The molecule has 2 aliphatic rings. The molecule has 148 valence electrons. The van der Waals surface area contributed by atoms with Gasteiger partial charge in [-0.1, -0.05) is 22.0 Å². The van der Waals surface area contributed by atoms with E-state index < -0.39 is 17.7 Å². The summed E-state index contributed by atoms with van der Waals surface area (Å²) in [6.07, 6.45) is 1.56. The zero-order valence-corrected chi connectivity index (χ0v) is 16.9. The van der Waals surface area contributed by atoms with Crippen LogP contribution in [-0.4, -0.2) is 29.9 Å². The van der Waals surface area contributed by atoms with Crippen molar-refractivity contribution in [1.29, 1.82) is 0 Å². The molecule has 1 amide bonds. The summed E-state index contributed by atoms with van der Waals surface area (Å²) in [6.45, 7) is 1.79. The van der Waals surface area contributed by atoms with Crippen LogP contribution in [0.25, 0.3) is 0 Å². The van der Waals surface area contributed by atoms with Crippen LogP contribution >= 0.6 is 15.9 Å². The largest absolute Gasteiger partial charge is 0.383 e. The first-order valence-corrected chi connectivity index (χ1v) is 10.2. The third-order valence-corrected chi connectivity index (χ3v) is 6.21. The molecule has 1 heterocycles. The molecule has 0 saturated carbocycles. The predicted octanol–water partition coefficient (Wildman–Crippen LogP) is 3.93. The van der Waals surface area contributed by atoms with Gasteiger partial charge in [-0.05, 0) is 53.8 Å². The Balaban J connectivity index is 1.46. The second-order valence-electron chi connectivity index (χ2n) is 7.52. The number of nitrogens with one attached hydrogen (secondary N) is 1. The molecule has 2 aromatic rings. The Labute approximate surface area is 171 Å². The number of benzene rings is 2. The summed E-state index contributed by atoms with van der Waals surface area (Å²) in [4.78, 5) is 14.7. The smallest absolute Gasteiger partial charge is 0.224 e. The van der Waals surface area contributed by atoms with Crippen LogP contribution in [0.4, 0.5) is 14.5 Å². The lowest BCUT2D eigenvalue weighted by Crippen LogP contribution is -2.38. The van der Waals surface area contributed by atoms with Gasteiger partial charge in [-0.3, -0.25) is 4.79 Å². The highest BCUT2D eigenvalue weighted by Crippen LogP contribution is 2.37. The number of fused-ring (bicyclic) bond motifs is 2. The van der Waals surface area contributed by atoms with E-state index >= 15 is 0 Å². The van der Waals surface area contributed by atoms with Crippen LogP contribution in [0.5, 0.6) is 0 Å². The first-order valence-electron chi connectivity index (χ1n) is 9.46. The topological polar surface area (TPSA) is 58.4 Å². The number of hydrogen-bond acceptors (Lipinski definition) is 3. The summed E-state index contributed by atoms with van der Waals surface area (Å²) in [5.74, 6) is -1.82. The molecule has 1 aliphatic heterocycles. The van der Waals surface area contributed by atoms with Gasteiger partial charge < -0.3 is 16.0 Å². The Hall–Kier alpha value is -1.99. The van der Waals surface area contributed by atoms with Crippen molar-refractivity contribution in [3.8, 4) is 0 Å². The van der Waals surface area contributed by atoms with Crippen LogP contribution in [0.3, 0.4) is 0 Å². The molecule has 0 fully saturated rings. The van der Waals surface area contributed by atoms with E-state index in [-0.39, 0.29) is 18.2 Å². The Morgan fingerprint density at radius 2 is 2.04 bits per heavy atom. The second-order valence-corrected chi connectivity index (χ2v) is 8.44. The average molecular weight is 450 g/mol. The SMILES string of the molecule is N[C@@H](CC(=O)N1CCNc2cc(Br)ccc2C1)[C@H]1CCc2cc(F)c(F)cc21. The fraction of sp³-hybridized carbons (Fsp3) is 0.381. The van der Waals surface area contributed by atoms with E-state index in [1.165, 1.54) is 12.1 Å². The summed E-state index contributed by atoms with van der Waals surface area (Å²) >= 11 is 3.47. The van der Waals surface area contributed by atoms with Gasteiger partial charge in [0, 0.05) is 48.2 Å². The van der Waals surface area contributed by atoms with Crippen LogP contribution in [0.1, 0.15) is 35.4 Å². The summed E-state index contributed by atoms with van der Waals surface area (Å²) in [7, 11) is 0. The molecule has 2 aromatic carbocycles. The van der Waals surface area contributed by atoms with Crippen LogP contribution < -0.4 is 11.1 Å². The first-order chi connectivity index (χ1) is 13.4. The molecule has 4 rings (SSSR count). The number of anilines is 1. The summed E-state index contributed by atoms with van der Waals surface area (Å²) in [5, 5.41) is 3.35. The quantitative estimate of drug-likeness (QED) is 0.746. The van der Waals surface area contributed by atoms with Gasteiger partial charge >= 0.3 is 0 Å². The highest BCUT2D eigenvalue weighted by Gasteiger charge is 2.31. The third-order valence-electron chi connectivity index (χ3n) is 5.72. The van der Waals surface area contributed by atoms with E-state index in [2.05, 4.69) is 21.2 Å². The van der Waals surface area contributed by atoms with Crippen molar-refractivity contribution in [3.63, 3.8) is 0 Å². The molecule has 4 nitrogen and oxygen atoms in total. The molecule has 2 atom stereocenters. The Morgan fingerprint density at radius 3 is 2.86 bits per heavy atom. The van der Waals surface area contributed by atoms with Gasteiger partial charge in [-0.15, -0.1) is 0 Å². The van der Waals surface area contributed by atoms with Gasteiger partial charge in [0.2, 0.25) is 5.91 Å². The second kappa shape index (κ2) is 7.79. The van der Waals surface area contributed by atoms with E-state index in [9.17, 15) is 13.6 Å². The van der Waals surface area contributed by atoms with E-state index in [1.807, 2.05) is 23.1 Å². The van der Waals surface area contributed by atoms with Crippen molar-refractivity contribution in [2.24, 2.45) is 5.73 Å². The van der Waals surface area contributed by atoms with E-state index in [1.54, 1.807) is 0 Å². The monoisotopic (exact) mass is 449 g/mol. The molecule has 0 unspecified atom stereocenters. The minimum Gasteiger partial charge on any atom is -0.383 e. The Morgan fingerprint density at radius 1 is 1.25 bits per heavy atom. The minimum absolute atomic E-state index is 0.0129. The van der Waals surface area contributed by atoms with Crippen molar-refractivity contribution in [1.82, 2.24) is 4.90 Å². The summed E-state index contributed by atoms with van der Waals surface area (Å²) in [5.41, 5.74) is 9.98. The molecule has 28 heavy (non-hydrogen) atoms. The van der Waals surface area contributed by atoms with Gasteiger partial charge in [0.1, 0.15) is 0 Å². The number of amides is 1. The highest BCUT2D eigenvalue weighted by molar-refractivity contribution is 9.10. The molecule has 1 aliphatic carbocycles. The molecule has 0 radical (unpaired) electrons. The molecule has 0 spiro atoms. The number of carbonyl (C=O) groups is 1. The van der Waals surface area contributed by atoms with E-state index in [4.69, 9.17) is 5.73 Å². The maximum absolute atomic E-state index is 13.7. The zero-order chi connectivity index (χ0) is 19.8. The van der Waals surface area contributed by atoms with Crippen molar-refractivity contribution < 1.29 is 13.6 Å². The van der Waals surface area contributed by atoms with E-state index in [0.717, 1.165) is 26.9 Å². The van der Waals surface area contributed by atoms with E-state index in [0.29, 0.717) is 32.5 Å². The standard InChI is InChI=1S/C21H22BrF2N3O/c22-14-3-1-13-11-27(6-5-26-20(13)8-14)21(28)10-19(25)15-4-2-12-7-17(23)18(24)9-16(12)15/h1,3,7-9,15,19,26H,2,4-6,10-11,25H2/t15-,19-/m0/s1. The number of carbonyl (C=O) groups excluding carboxylic acids is 1. The van der Waals surface area contributed by atoms with Crippen molar-refractivity contribution in [2.75, 3.05) is 18.4 Å². The van der Waals surface area contributed by atoms with Gasteiger partial charge in [0.25, 0.3) is 0 Å². The molecule has 0 aromatic heterocycles. The fourth-order valence-electron chi connectivity index (χ4n) is 4.22. The third kappa shape index (κ3) is 3.78. The van der Waals surface area contributed by atoms with Gasteiger partial charge in [-0.25, -0.2) is 8.78 Å². The summed E-state index contributed by atoms with van der Waals surface area (Å²) in [6, 6.07) is 8.06. The minimum atomic E-state index is -0.856. The van der Waals surface area contributed by atoms with Crippen LogP contribution in [0.2, 0.25) is 0 Å². The van der Waals surface area contributed by atoms with Crippen molar-refractivity contribution in [3.05, 3.63) is 63.1 Å². The highest BCUT2D eigenvalue weighted by atomic mass is 79.9. The Bertz CT molecular complexity index is 921. The normalized spacial score (nSPS) is 19.4. The molecule has 7 heteroatoms. The van der Waals surface area contributed by atoms with Crippen LogP contribution in [0, 0.1) is 11.6 Å². The number of hydrogen-bond donors (Lipinski definition) is 2. The van der Waals surface area contributed by atoms with Crippen LogP contribution in [0.15, 0.2) is 34.8 Å². The number of nitrogens with two attached hydrogens (primary N) is 1. The molecular formula is C21H22BrF2N3O. The lowest BCUT2D eigenvalue weighted by Gasteiger charge is -2.25. The fourth-order valence-corrected chi connectivity index (χ4v) is 4.58. The van der Waals surface area contributed by atoms with Crippen molar-refractivity contribution >= 4 is 27.5 Å². The maximum Gasteiger partial charge on any atom is 0.224 e. The lowest BCUT2D eigenvalue weighted by molar-refractivity contribution is -0.132. The molecule has 0 saturated heterocycles. The number of halogens is 3.